The molecule has 0 N–H and O–H groups in total. The molecule has 0 radical (unpaired) electrons. The molecule has 12 aromatic rings. The Labute approximate surface area is 327 Å². The lowest BCUT2D eigenvalue weighted by Crippen LogP contribution is -2.25. The van der Waals surface area contributed by atoms with Crippen LogP contribution in [0.5, 0.6) is 0 Å². The molecule has 0 aliphatic heterocycles. The molecule has 2 aliphatic rings. The minimum Gasteiger partial charge on any atom is -0.456 e. The van der Waals surface area contributed by atoms with Gasteiger partial charge in [0.1, 0.15) is 11.2 Å². The van der Waals surface area contributed by atoms with Crippen molar-refractivity contribution < 1.29 is 4.42 Å². The predicted octanol–water partition coefficient (Wildman–Crippen LogP) is 14.4. The van der Waals surface area contributed by atoms with E-state index in [2.05, 4.69) is 193 Å². The Kier molecular flexibility index (Phi) is 5.48. The second-order valence-electron chi connectivity index (χ2n) is 15.9. The number of benzene rings is 10. The van der Waals surface area contributed by atoms with Crippen LogP contribution in [-0.2, 0) is 5.41 Å². The lowest BCUT2D eigenvalue weighted by atomic mass is 9.70. The monoisotopic (exact) mass is 721 g/mol. The smallest absolute Gasteiger partial charge is 0.138 e. The van der Waals surface area contributed by atoms with Crippen molar-refractivity contribution in [3.05, 3.63) is 210 Å². The number of hydrogen-bond acceptors (Lipinski definition) is 1. The van der Waals surface area contributed by atoms with Gasteiger partial charge >= 0.3 is 0 Å². The van der Waals surface area contributed by atoms with Crippen molar-refractivity contribution in [2.45, 2.75) is 5.41 Å². The van der Waals surface area contributed by atoms with E-state index in [1.165, 1.54) is 104 Å². The Balaban J connectivity index is 1.14. The molecule has 0 atom stereocenters. The summed E-state index contributed by atoms with van der Waals surface area (Å²) in [5.41, 5.74) is 17.9. The Bertz CT molecular complexity index is 3650. The second-order valence-corrected chi connectivity index (χ2v) is 15.9. The molecule has 2 heterocycles. The van der Waals surface area contributed by atoms with Gasteiger partial charge in [0.2, 0.25) is 0 Å². The van der Waals surface area contributed by atoms with E-state index in [1.54, 1.807) is 0 Å². The van der Waals surface area contributed by atoms with Crippen molar-refractivity contribution in [1.82, 2.24) is 4.57 Å². The zero-order valence-corrected chi connectivity index (χ0v) is 30.8. The van der Waals surface area contributed by atoms with Crippen LogP contribution in [0.3, 0.4) is 0 Å². The number of nitrogens with zero attached hydrogens (tertiary/aromatic N) is 1. The highest BCUT2D eigenvalue weighted by atomic mass is 16.3. The highest BCUT2D eigenvalue weighted by molar-refractivity contribution is 6.34. The maximum Gasteiger partial charge on any atom is 0.138 e. The Hall–Kier alpha value is -7.42. The molecule has 0 bridgehead atoms. The molecule has 262 valence electrons. The average molecular weight is 722 g/mol. The van der Waals surface area contributed by atoms with Crippen molar-refractivity contribution >= 4 is 65.3 Å². The third kappa shape index (κ3) is 3.54. The van der Waals surface area contributed by atoms with E-state index in [-0.39, 0.29) is 0 Å². The van der Waals surface area contributed by atoms with Crippen LogP contribution in [0.15, 0.2) is 192 Å². The normalized spacial score (nSPS) is 13.8. The van der Waals surface area contributed by atoms with E-state index in [1.807, 2.05) is 0 Å². The molecule has 0 saturated heterocycles. The lowest BCUT2D eigenvalue weighted by Gasteiger charge is -2.30. The molecule has 57 heavy (non-hydrogen) atoms. The summed E-state index contributed by atoms with van der Waals surface area (Å²) in [4.78, 5) is 0. The van der Waals surface area contributed by atoms with Crippen LogP contribution in [-0.4, -0.2) is 4.57 Å². The summed E-state index contributed by atoms with van der Waals surface area (Å²) in [5.74, 6) is 0. The molecule has 0 fully saturated rings. The third-order valence-electron chi connectivity index (χ3n) is 13.3. The van der Waals surface area contributed by atoms with E-state index in [4.69, 9.17) is 4.42 Å². The number of rotatable bonds is 2. The van der Waals surface area contributed by atoms with Crippen LogP contribution in [0.2, 0.25) is 0 Å². The molecule has 2 aromatic heterocycles. The zero-order valence-electron chi connectivity index (χ0n) is 30.8. The minimum atomic E-state index is -0.422. The van der Waals surface area contributed by atoms with Gasteiger partial charge in [-0.05, 0) is 95.9 Å². The SMILES string of the molecule is c1ccc(-c2cc3oc4cc(-n5c6ccccc6c6ccc7c(c65)-c5ccccc5C75c6ccccc6-c6ccccc65)cc5c6ccccc6c(c2)c3c45)cc1. The van der Waals surface area contributed by atoms with Gasteiger partial charge in [0.05, 0.1) is 22.1 Å². The van der Waals surface area contributed by atoms with Crippen molar-refractivity contribution in [3.8, 4) is 39.1 Å². The summed E-state index contributed by atoms with van der Waals surface area (Å²) in [7, 11) is 0. The van der Waals surface area contributed by atoms with Crippen molar-refractivity contribution in [1.29, 1.82) is 0 Å². The van der Waals surface area contributed by atoms with Crippen molar-refractivity contribution in [2.24, 2.45) is 0 Å². The predicted molar refractivity (Wildman–Crippen MR) is 236 cm³/mol. The Morgan fingerprint density at radius 2 is 0.930 bits per heavy atom. The van der Waals surface area contributed by atoms with Crippen LogP contribution >= 0.6 is 0 Å². The van der Waals surface area contributed by atoms with Gasteiger partial charge in [-0.25, -0.2) is 0 Å². The van der Waals surface area contributed by atoms with E-state index in [0.29, 0.717) is 0 Å². The first kappa shape index (κ1) is 29.9. The molecule has 0 saturated carbocycles. The van der Waals surface area contributed by atoms with Gasteiger partial charge < -0.3 is 8.98 Å². The zero-order chi connectivity index (χ0) is 37.0. The summed E-state index contributed by atoms with van der Waals surface area (Å²) in [6, 6.07) is 69.8. The number of fused-ring (bicyclic) bond motifs is 17. The average Bonchev–Trinajstić information content (AvgIpc) is 4.00. The molecular weight excluding hydrogens is 691 g/mol. The fraction of sp³-hybridized carbons (Fsp3) is 0.0182. The van der Waals surface area contributed by atoms with Crippen molar-refractivity contribution in [2.75, 3.05) is 0 Å². The topological polar surface area (TPSA) is 18.1 Å². The quantitative estimate of drug-likeness (QED) is 0.163. The molecule has 2 heteroatoms. The first-order valence-corrected chi connectivity index (χ1v) is 19.8. The van der Waals surface area contributed by atoms with Crippen LogP contribution in [0, 0.1) is 0 Å². The number of aromatic nitrogens is 1. The number of para-hydroxylation sites is 1. The third-order valence-corrected chi connectivity index (χ3v) is 13.3. The largest absolute Gasteiger partial charge is 0.456 e. The lowest BCUT2D eigenvalue weighted by molar-refractivity contribution is 0.669. The molecule has 2 aliphatic carbocycles. The summed E-state index contributed by atoms with van der Waals surface area (Å²) in [5, 5.41) is 9.81. The molecule has 10 aromatic carbocycles. The van der Waals surface area contributed by atoms with Crippen LogP contribution in [0.4, 0.5) is 0 Å². The maximum atomic E-state index is 7.00. The minimum absolute atomic E-state index is 0.422. The second kappa shape index (κ2) is 10.5. The van der Waals surface area contributed by atoms with Gasteiger partial charge in [0.25, 0.3) is 0 Å². The van der Waals surface area contributed by atoms with Gasteiger partial charge in [-0.15, -0.1) is 0 Å². The summed E-state index contributed by atoms with van der Waals surface area (Å²) in [6.07, 6.45) is 0. The molecule has 0 amide bonds. The summed E-state index contributed by atoms with van der Waals surface area (Å²) in [6.45, 7) is 0. The van der Waals surface area contributed by atoms with E-state index in [0.717, 1.165) is 22.4 Å². The first-order chi connectivity index (χ1) is 28.3. The standard InChI is InChI=1S/C55H31NO/c1-2-14-32(15-3-1)33-28-42-35-16-4-5-17-36(35)43-30-34(31-50-53(43)52(42)49(29-33)57-50)56-48-25-13-9-20-39(48)40-26-27-47-51(54(40)56)41-21-8-12-24-46(41)55(47)44-22-10-6-18-37(44)38-19-7-11-23-45(38)55/h1-31H. The molecule has 1 spiro atoms. The van der Waals surface area contributed by atoms with Gasteiger partial charge in [-0.1, -0.05) is 158 Å². The Morgan fingerprint density at radius 1 is 0.368 bits per heavy atom. The highest BCUT2D eigenvalue weighted by Crippen LogP contribution is 2.64. The van der Waals surface area contributed by atoms with E-state index in [9.17, 15) is 0 Å². The molecular formula is C55H31NO. The number of furan rings is 1. The van der Waals surface area contributed by atoms with Gasteiger partial charge in [0, 0.05) is 33.2 Å². The fourth-order valence-corrected chi connectivity index (χ4v) is 11.2. The summed E-state index contributed by atoms with van der Waals surface area (Å²) < 4.78 is 9.53. The maximum absolute atomic E-state index is 7.00. The van der Waals surface area contributed by atoms with Gasteiger partial charge in [0.15, 0.2) is 0 Å². The molecule has 14 rings (SSSR count). The fourth-order valence-electron chi connectivity index (χ4n) is 11.2. The van der Waals surface area contributed by atoms with Crippen molar-refractivity contribution in [3.63, 3.8) is 0 Å². The van der Waals surface area contributed by atoms with Crippen LogP contribution in [0.25, 0.3) is 104 Å². The molecule has 0 unspecified atom stereocenters. The van der Waals surface area contributed by atoms with E-state index < -0.39 is 5.41 Å². The van der Waals surface area contributed by atoms with Crippen LogP contribution < -0.4 is 0 Å². The summed E-state index contributed by atoms with van der Waals surface area (Å²) >= 11 is 0. The van der Waals surface area contributed by atoms with Gasteiger partial charge in [-0.2, -0.15) is 0 Å². The van der Waals surface area contributed by atoms with Crippen LogP contribution in [0.1, 0.15) is 22.3 Å². The number of hydrogen-bond donors (Lipinski definition) is 0. The van der Waals surface area contributed by atoms with E-state index >= 15 is 0 Å². The Morgan fingerprint density at radius 3 is 1.65 bits per heavy atom. The first-order valence-electron chi connectivity index (χ1n) is 19.8. The molecule has 2 nitrogen and oxygen atoms in total. The highest BCUT2D eigenvalue weighted by Gasteiger charge is 2.52. The van der Waals surface area contributed by atoms with Gasteiger partial charge in [-0.3, -0.25) is 0 Å².